The van der Waals surface area contributed by atoms with Gasteiger partial charge in [0, 0.05) is 11.6 Å². The highest BCUT2D eigenvalue weighted by molar-refractivity contribution is 6.40. The van der Waals surface area contributed by atoms with Gasteiger partial charge in [0.15, 0.2) is 5.75 Å². The first kappa shape index (κ1) is 14.7. The summed E-state index contributed by atoms with van der Waals surface area (Å²) in [7, 11) is 0. The Labute approximate surface area is 110 Å². The van der Waals surface area contributed by atoms with E-state index in [0.717, 1.165) is 0 Å². The van der Waals surface area contributed by atoms with Gasteiger partial charge in [0.25, 0.3) is 0 Å². The zero-order chi connectivity index (χ0) is 13.2. The second kappa shape index (κ2) is 5.52. The van der Waals surface area contributed by atoms with E-state index >= 15 is 0 Å². The summed E-state index contributed by atoms with van der Waals surface area (Å²) < 4.78 is 42.0. The van der Waals surface area contributed by atoms with Gasteiger partial charge in [-0.25, -0.2) is 0 Å². The number of benzene rings is 1. The Kier molecular flexibility index (Phi) is 4.77. The Balaban J connectivity index is 3.02. The highest BCUT2D eigenvalue weighted by Gasteiger charge is 2.41. The molecule has 1 aromatic rings. The predicted octanol–water partition coefficient (Wildman–Crippen LogP) is 3.92. The number of hydrogen-bond acceptors (Lipinski definition) is 2. The zero-order valence-corrected chi connectivity index (χ0v) is 10.5. The molecule has 0 heterocycles. The van der Waals surface area contributed by atoms with Crippen LogP contribution in [-0.4, -0.2) is 18.8 Å². The van der Waals surface area contributed by atoms with Crippen molar-refractivity contribution >= 4 is 34.8 Å². The van der Waals surface area contributed by atoms with Crippen molar-refractivity contribution < 1.29 is 17.9 Å². The Bertz CT molecular complexity index is 388. The summed E-state index contributed by atoms with van der Waals surface area (Å²) in [6.45, 7) is -0.737. The smallest absolute Gasteiger partial charge is 0.426 e. The molecule has 1 unspecified atom stereocenters. The lowest BCUT2D eigenvalue weighted by atomic mass is 10.3. The lowest BCUT2D eigenvalue weighted by molar-refractivity contribution is -0.191. The summed E-state index contributed by atoms with van der Waals surface area (Å²) >= 11 is 17.0. The topological polar surface area (TPSA) is 35.2 Å². The van der Waals surface area contributed by atoms with Crippen LogP contribution < -0.4 is 10.5 Å². The van der Waals surface area contributed by atoms with E-state index in [9.17, 15) is 13.2 Å². The molecule has 2 N–H and O–H groups in total. The van der Waals surface area contributed by atoms with Crippen LogP contribution in [0.1, 0.15) is 0 Å². The molecule has 0 saturated carbocycles. The molecule has 0 fully saturated rings. The number of halogens is 6. The number of hydrogen-bond donors (Lipinski definition) is 1. The average molecular weight is 309 g/mol. The molecule has 0 amide bonds. The van der Waals surface area contributed by atoms with Gasteiger partial charge in [-0.2, -0.15) is 13.2 Å². The van der Waals surface area contributed by atoms with E-state index < -0.39 is 18.8 Å². The lowest BCUT2D eigenvalue weighted by Crippen LogP contribution is -2.40. The van der Waals surface area contributed by atoms with Crippen molar-refractivity contribution in [1.29, 1.82) is 0 Å². The van der Waals surface area contributed by atoms with Gasteiger partial charge in [-0.05, 0) is 12.1 Å². The molecule has 1 aromatic carbocycles. The summed E-state index contributed by atoms with van der Waals surface area (Å²) in [6.07, 6.45) is -6.76. The molecule has 0 aliphatic heterocycles. The van der Waals surface area contributed by atoms with E-state index in [2.05, 4.69) is 4.74 Å². The zero-order valence-electron chi connectivity index (χ0n) is 8.19. The van der Waals surface area contributed by atoms with Crippen molar-refractivity contribution in [2.24, 2.45) is 5.73 Å². The van der Waals surface area contributed by atoms with E-state index in [1.165, 1.54) is 12.1 Å². The van der Waals surface area contributed by atoms with Crippen LogP contribution >= 0.6 is 34.8 Å². The van der Waals surface area contributed by atoms with Crippen molar-refractivity contribution in [3.05, 3.63) is 27.2 Å². The highest BCUT2D eigenvalue weighted by Crippen LogP contribution is 2.38. The predicted molar refractivity (Wildman–Crippen MR) is 61.0 cm³/mol. The molecule has 0 saturated heterocycles. The SMILES string of the molecule is NCC(Oc1c(Cl)cc(Cl)cc1Cl)C(F)(F)F. The van der Waals surface area contributed by atoms with E-state index in [1.807, 2.05) is 0 Å². The molecule has 1 rings (SSSR count). The summed E-state index contributed by atoms with van der Waals surface area (Å²) in [5.41, 5.74) is 4.98. The van der Waals surface area contributed by atoms with Crippen LogP contribution in [0.25, 0.3) is 0 Å². The first-order valence-corrected chi connectivity index (χ1v) is 5.47. The molecule has 2 nitrogen and oxygen atoms in total. The van der Waals surface area contributed by atoms with Crippen molar-refractivity contribution in [1.82, 2.24) is 0 Å². The quantitative estimate of drug-likeness (QED) is 0.918. The minimum atomic E-state index is -4.60. The fraction of sp³-hybridized carbons (Fsp3) is 0.333. The molecule has 0 aromatic heterocycles. The normalized spacial score (nSPS) is 13.6. The van der Waals surface area contributed by atoms with Crippen molar-refractivity contribution in [2.75, 3.05) is 6.54 Å². The highest BCUT2D eigenvalue weighted by atomic mass is 35.5. The monoisotopic (exact) mass is 307 g/mol. The van der Waals surface area contributed by atoms with Crippen molar-refractivity contribution in [3.8, 4) is 5.75 Å². The van der Waals surface area contributed by atoms with Gasteiger partial charge in [-0.1, -0.05) is 34.8 Å². The second-order valence-electron chi connectivity index (χ2n) is 3.08. The molecule has 96 valence electrons. The Morgan fingerprint density at radius 3 is 2.00 bits per heavy atom. The van der Waals surface area contributed by atoms with Gasteiger partial charge in [0.05, 0.1) is 10.0 Å². The first-order chi connectivity index (χ1) is 7.75. The summed E-state index contributed by atoms with van der Waals surface area (Å²) in [4.78, 5) is 0. The van der Waals surface area contributed by atoms with E-state index in [-0.39, 0.29) is 20.8 Å². The average Bonchev–Trinajstić information content (AvgIpc) is 2.14. The fourth-order valence-corrected chi connectivity index (χ4v) is 1.94. The van der Waals surface area contributed by atoms with Gasteiger partial charge in [0.2, 0.25) is 6.10 Å². The van der Waals surface area contributed by atoms with Gasteiger partial charge in [-0.15, -0.1) is 0 Å². The maximum atomic E-state index is 12.4. The molecule has 0 radical (unpaired) electrons. The number of rotatable bonds is 3. The van der Waals surface area contributed by atoms with E-state index in [4.69, 9.17) is 40.5 Å². The molecule has 0 bridgehead atoms. The van der Waals surface area contributed by atoms with Crippen LogP contribution in [0.4, 0.5) is 13.2 Å². The maximum Gasteiger partial charge on any atom is 0.426 e. The first-order valence-electron chi connectivity index (χ1n) is 4.33. The van der Waals surface area contributed by atoms with Gasteiger partial charge >= 0.3 is 6.18 Å². The largest absolute Gasteiger partial charge is 0.476 e. The van der Waals surface area contributed by atoms with Crippen molar-refractivity contribution in [3.63, 3.8) is 0 Å². The van der Waals surface area contributed by atoms with Crippen LogP contribution in [-0.2, 0) is 0 Å². The Morgan fingerprint density at radius 1 is 1.18 bits per heavy atom. The minimum absolute atomic E-state index is 0.106. The van der Waals surface area contributed by atoms with Crippen LogP contribution in [0.3, 0.4) is 0 Å². The van der Waals surface area contributed by atoms with E-state index in [0.29, 0.717) is 0 Å². The number of nitrogens with two attached hydrogens (primary N) is 1. The van der Waals surface area contributed by atoms with Crippen LogP contribution in [0.15, 0.2) is 12.1 Å². The van der Waals surface area contributed by atoms with Crippen LogP contribution in [0.5, 0.6) is 5.75 Å². The van der Waals surface area contributed by atoms with Crippen LogP contribution in [0.2, 0.25) is 15.1 Å². The Hall–Kier alpha value is -0.360. The maximum absolute atomic E-state index is 12.4. The third kappa shape index (κ3) is 3.81. The van der Waals surface area contributed by atoms with Crippen LogP contribution in [0, 0.1) is 0 Å². The molecule has 17 heavy (non-hydrogen) atoms. The molecule has 0 aliphatic rings. The number of alkyl halides is 3. The minimum Gasteiger partial charge on any atom is -0.476 e. The molecular weight excluding hydrogens is 301 g/mol. The third-order valence-electron chi connectivity index (χ3n) is 1.80. The third-order valence-corrected chi connectivity index (χ3v) is 2.58. The summed E-state index contributed by atoms with van der Waals surface area (Å²) in [6, 6.07) is 2.46. The fourth-order valence-electron chi connectivity index (χ4n) is 1.03. The molecule has 1 atom stereocenters. The van der Waals surface area contributed by atoms with Gasteiger partial charge < -0.3 is 10.5 Å². The second-order valence-corrected chi connectivity index (χ2v) is 4.33. The lowest BCUT2D eigenvalue weighted by Gasteiger charge is -2.21. The molecule has 0 aliphatic carbocycles. The Morgan fingerprint density at radius 2 is 1.65 bits per heavy atom. The van der Waals surface area contributed by atoms with E-state index in [1.54, 1.807) is 0 Å². The summed E-state index contributed by atoms with van der Waals surface area (Å²) in [5, 5.41) is -0.0148. The summed E-state index contributed by atoms with van der Waals surface area (Å²) in [5.74, 6) is -0.287. The standard InChI is InChI=1S/C9H7Cl3F3NO/c10-4-1-5(11)8(6(12)2-4)17-7(3-16)9(13,14)15/h1-2,7H,3,16H2. The number of ether oxygens (including phenoxy) is 1. The molecular formula is C9H7Cl3F3NO. The molecule has 8 heteroatoms. The van der Waals surface area contributed by atoms with Crippen molar-refractivity contribution in [2.45, 2.75) is 12.3 Å². The molecule has 0 spiro atoms. The van der Waals surface area contributed by atoms with Gasteiger partial charge in [0.1, 0.15) is 0 Å². The van der Waals surface area contributed by atoms with Gasteiger partial charge in [-0.3, -0.25) is 0 Å².